The number of nitrogens with zero attached hydrogens (tertiary/aromatic N) is 17. The number of hydrogen-bond acceptors (Lipinski definition) is 24. The Morgan fingerprint density at radius 1 is 0.430 bits per heavy atom. The Balaban J connectivity index is 0.000000143. The van der Waals surface area contributed by atoms with E-state index in [1.807, 2.05) is 6.92 Å². The molecule has 0 saturated carbocycles. The average Bonchev–Trinajstić information content (AvgIpc) is 1.94. The number of halogens is 2. The third-order valence-electron chi connectivity index (χ3n) is 13.1. The predicted octanol–water partition coefficient (Wildman–Crippen LogP) is 1.18. The van der Waals surface area contributed by atoms with Crippen LogP contribution in [0.5, 0.6) is 0 Å². The Bertz CT molecular complexity index is 3610. The number of nitrogens with one attached hydrogen (secondary N) is 1. The minimum absolute atomic E-state index is 0.00418. The van der Waals surface area contributed by atoms with Crippen molar-refractivity contribution in [3.8, 4) is 0 Å². The summed E-state index contributed by atoms with van der Waals surface area (Å²) in [6.45, 7) is -0.118. The number of carbonyl (C=O) groups is 12. The summed E-state index contributed by atoms with van der Waals surface area (Å²) in [7, 11) is 2.68. The highest BCUT2D eigenvalue weighted by Crippen LogP contribution is 2.39. The molecule has 0 aromatic carbocycles. The third-order valence-corrected chi connectivity index (χ3v) is 13.5. The first-order valence-corrected chi connectivity index (χ1v) is 25.8. The van der Waals surface area contributed by atoms with Crippen molar-refractivity contribution in [2.75, 3.05) is 68.1 Å². The van der Waals surface area contributed by atoms with Gasteiger partial charge in [0.15, 0.2) is 17.1 Å². The van der Waals surface area contributed by atoms with Gasteiger partial charge in [-0.25, -0.2) is 59.0 Å². The molecule has 12 heterocycles. The number of imide groups is 3. The topological polar surface area (TPSA) is 386 Å². The number of anilines is 3. The lowest BCUT2D eigenvalue weighted by Gasteiger charge is -2.31. The molecule has 6 aromatic rings. The standard InChI is InChI=1S/C18H16N6O5.C17H13ClN6O5.C16H11ClN6O5/c1-10-3-4-11(21-7-10)24-16(27)14-15(20-6-5-19-14)17(24)29-18(28)23-8-12(25)22(2)13(26)9-23;1-22-11(25)7-23(8-12(22)26)17(28)29-16-14-13(19-4-5-20-14)15(27)24(16)10-3-2-9(18)6-21-10;17-8-1-2-9(20-5-8)23-14(26)12-13(19-4-3-18-12)15(23)28-16(27)22-6-10(24)21-11(25)7-22/h3-7,17H,8-9H2,1-2H3;2-6,16H,7-8H2,1H3;1-5,15H,6-7H2,(H,21,24,25)/t17-;16-;15-/m101/s1. The highest BCUT2D eigenvalue weighted by atomic mass is 35.5. The molecule has 1 N–H and O–H groups in total. The molecule has 0 unspecified atom stereocenters. The predicted molar refractivity (Wildman–Crippen MR) is 285 cm³/mol. The number of piperazine rings is 3. The number of ether oxygens (including phenoxy) is 3. The average molecular weight is 1220 g/mol. The van der Waals surface area contributed by atoms with Crippen molar-refractivity contribution in [2.45, 2.75) is 25.6 Å². The Morgan fingerprint density at radius 2 is 0.733 bits per heavy atom. The van der Waals surface area contributed by atoms with Crippen LogP contribution in [0.15, 0.2) is 92.2 Å². The van der Waals surface area contributed by atoms with Crippen LogP contribution in [0.25, 0.3) is 0 Å². The second kappa shape index (κ2) is 24.0. The minimum Gasteiger partial charge on any atom is -0.419 e. The number of aromatic nitrogens is 9. The molecule has 0 bridgehead atoms. The van der Waals surface area contributed by atoms with Crippen LogP contribution in [-0.2, 0) is 43.0 Å². The number of rotatable bonds is 6. The van der Waals surface area contributed by atoms with Crippen LogP contribution in [0.3, 0.4) is 0 Å². The zero-order chi connectivity index (χ0) is 61.2. The van der Waals surface area contributed by atoms with Crippen LogP contribution in [-0.4, -0.2) is 194 Å². The monoisotopic (exact) mass is 1210 g/mol. The summed E-state index contributed by atoms with van der Waals surface area (Å²) >= 11 is 11.7. The second-order valence-corrected chi connectivity index (χ2v) is 19.6. The molecule has 86 heavy (non-hydrogen) atoms. The molecule has 0 spiro atoms. The molecule has 6 aliphatic heterocycles. The molecule has 33 nitrogen and oxygen atoms in total. The van der Waals surface area contributed by atoms with Crippen LogP contribution in [0.1, 0.15) is 72.8 Å². The summed E-state index contributed by atoms with van der Waals surface area (Å²) in [6.07, 6.45) is 5.78. The van der Waals surface area contributed by atoms with Crippen molar-refractivity contribution >= 4 is 112 Å². The molecular weight excluding hydrogens is 1180 g/mol. The van der Waals surface area contributed by atoms with E-state index in [1.165, 1.54) is 92.8 Å². The van der Waals surface area contributed by atoms with E-state index >= 15 is 0 Å². The molecule has 12 amide bonds. The fourth-order valence-corrected chi connectivity index (χ4v) is 8.96. The van der Waals surface area contributed by atoms with Crippen molar-refractivity contribution in [1.82, 2.24) is 74.7 Å². The third kappa shape index (κ3) is 11.6. The van der Waals surface area contributed by atoms with Gasteiger partial charge in [-0.1, -0.05) is 29.3 Å². The number of pyridine rings is 3. The van der Waals surface area contributed by atoms with Crippen LogP contribution in [0.4, 0.5) is 31.8 Å². The summed E-state index contributed by atoms with van der Waals surface area (Å²) in [6, 6.07) is 9.38. The van der Waals surface area contributed by atoms with E-state index in [-0.39, 0.29) is 90.9 Å². The van der Waals surface area contributed by atoms with Gasteiger partial charge in [0.1, 0.15) is 73.8 Å². The number of fused-ring (bicyclic) bond motifs is 3. The maximum absolute atomic E-state index is 12.9. The maximum Gasteiger partial charge on any atom is 0.412 e. The summed E-state index contributed by atoms with van der Waals surface area (Å²) in [5.41, 5.74) is 1.33. The maximum atomic E-state index is 12.9. The summed E-state index contributed by atoms with van der Waals surface area (Å²) < 4.78 is 16.4. The number of carbonyl (C=O) groups excluding carboxylic acids is 12. The van der Waals surface area contributed by atoms with Gasteiger partial charge in [-0.15, -0.1) is 0 Å². The smallest absolute Gasteiger partial charge is 0.412 e. The summed E-state index contributed by atoms with van der Waals surface area (Å²) in [5, 5.41) is 2.80. The summed E-state index contributed by atoms with van der Waals surface area (Å²) in [5.74, 6) is -4.47. The molecular formula is C51H40Cl2N18O15. The van der Waals surface area contributed by atoms with Gasteiger partial charge in [-0.3, -0.25) is 87.9 Å². The van der Waals surface area contributed by atoms with Gasteiger partial charge in [-0.05, 0) is 42.8 Å². The van der Waals surface area contributed by atoms with Gasteiger partial charge in [0.2, 0.25) is 54.1 Å². The van der Waals surface area contributed by atoms with E-state index in [2.05, 4.69) is 50.2 Å². The molecule has 6 aliphatic rings. The number of amides is 12. The van der Waals surface area contributed by atoms with Gasteiger partial charge in [-0.2, -0.15) is 0 Å². The van der Waals surface area contributed by atoms with Crippen molar-refractivity contribution < 1.29 is 71.7 Å². The van der Waals surface area contributed by atoms with Crippen molar-refractivity contribution in [2.24, 2.45) is 0 Å². The van der Waals surface area contributed by atoms with E-state index in [0.717, 1.165) is 39.9 Å². The Hall–Kier alpha value is -11.1. The first-order chi connectivity index (χ1) is 41.2. The van der Waals surface area contributed by atoms with Crippen LogP contribution in [0.2, 0.25) is 10.0 Å². The van der Waals surface area contributed by atoms with Gasteiger partial charge in [0.05, 0.1) is 10.0 Å². The lowest BCUT2D eigenvalue weighted by molar-refractivity contribution is -0.150. The fraction of sp³-hybridized carbons (Fsp3) is 0.235. The van der Waals surface area contributed by atoms with E-state index in [4.69, 9.17) is 37.4 Å². The number of likely N-dealkylation sites (N-methyl/N-ethyl adjacent to an activating group) is 2. The minimum atomic E-state index is -1.27. The normalized spacial score (nSPS) is 18.8. The quantitative estimate of drug-likeness (QED) is 0.181. The second-order valence-electron chi connectivity index (χ2n) is 18.7. The fourth-order valence-electron chi connectivity index (χ4n) is 8.73. The SMILES string of the molecule is CN1C(=O)CN(C(=O)O[C@H]2c3nccnc3C(=O)N2c2ccc(Cl)cn2)CC1=O.Cc1ccc(N2C(=O)c3nccnc3[C@H]2OC(=O)N2CC(=O)N(C)C(=O)C2)nc1.O=C1CN(C(=O)O[C@@H]2c3nccnc3C(=O)N2c2ccc(Cl)cn2)CC(=O)N1. The number of aryl methyl sites for hydroxylation is 1. The molecule has 3 saturated heterocycles. The van der Waals surface area contributed by atoms with Crippen molar-refractivity contribution in [3.63, 3.8) is 0 Å². The highest BCUT2D eigenvalue weighted by molar-refractivity contribution is 6.30. The molecule has 0 radical (unpaired) electrons. The van der Waals surface area contributed by atoms with Crippen molar-refractivity contribution in [3.05, 3.63) is 142 Å². The molecule has 12 rings (SSSR count). The van der Waals surface area contributed by atoms with E-state index in [9.17, 15) is 57.5 Å². The first kappa shape index (κ1) is 58.1. The van der Waals surface area contributed by atoms with E-state index in [1.54, 1.807) is 18.3 Å². The Morgan fingerprint density at radius 3 is 1.03 bits per heavy atom. The lowest BCUT2D eigenvalue weighted by atomic mass is 10.3. The molecule has 35 heteroatoms. The molecule has 3 fully saturated rings. The van der Waals surface area contributed by atoms with Crippen LogP contribution >= 0.6 is 23.2 Å². The van der Waals surface area contributed by atoms with Gasteiger partial charge < -0.3 is 14.2 Å². The molecule has 6 aromatic heterocycles. The Kier molecular flexibility index (Phi) is 16.2. The van der Waals surface area contributed by atoms with Crippen LogP contribution in [0, 0.1) is 6.92 Å². The van der Waals surface area contributed by atoms with E-state index < -0.39 is 90.1 Å². The largest absolute Gasteiger partial charge is 0.419 e. The highest BCUT2D eigenvalue weighted by Gasteiger charge is 2.48. The van der Waals surface area contributed by atoms with Crippen molar-refractivity contribution in [1.29, 1.82) is 0 Å². The number of hydrogen-bond donors (Lipinski definition) is 1. The van der Waals surface area contributed by atoms with E-state index in [0.29, 0.717) is 10.0 Å². The lowest BCUT2D eigenvalue weighted by Crippen LogP contribution is -2.54. The first-order valence-electron chi connectivity index (χ1n) is 25.0. The Labute approximate surface area is 492 Å². The molecule has 3 atom stereocenters. The molecule has 0 aliphatic carbocycles. The van der Waals surface area contributed by atoms with Crippen LogP contribution < -0.4 is 20.0 Å². The zero-order valence-electron chi connectivity index (χ0n) is 44.6. The zero-order valence-corrected chi connectivity index (χ0v) is 46.1. The van der Waals surface area contributed by atoms with Gasteiger partial charge in [0.25, 0.3) is 17.7 Å². The van der Waals surface area contributed by atoms with Gasteiger partial charge >= 0.3 is 18.3 Å². The molecule has 438 valence electrons. The van der Waals surface area contributed by atoms with Gasteiger partial charge in [0, 0.05) is 69.9 Å². The summed E-state index contributed by atoms with van der Waals surface area (Å²) in [4.78, 5) is 192.